The molecule has 1 amide bonds. The van der Waals surface area contributed by atoms with Crippen molar-refractivity contribution in [2.24, 2.45) is 0 Å². The van der Waals surface area contributed by atoms with Gasteiger partial charge in [0.15, 0.2) is 5.75 Å². The van der Waals surface area contributed by atoms with Crippen LogP contribution in [0.3, 0.4) is 0 Å². The third kappa shape index (κ3) is 3.96. The zero-order valence-electron chi connectivity index (χ0n) is 11.9. The van der Waals surface area contributed by atoms with Crippen LogP contribution < -0.4 is 19.5 Å². The fraction of sp³-hybridized carbons (Fsp3) is 0.133. The second-order valence-corrected chi connectivity index (χ2v) is 5.00. The Balaban J connectivity index is 2.14. The molecule has 2 aromatic carbocycles. The average molecular weight is 342 g/mol. The van der Waals surface area contributed by atoms with E-state index in [4.69, 9.17) is 37.4 Å². The predicted octanol–water partition coefficient (Wildman–Crippen LogP) is 4.62. The van der Waals surface area contributed by atoms with Gasteiger partial charge >= 0.3 is 6.09 Å². The molecule has 0 aliphatic rings. The molecule has 1 N–H and O–H groups in total. The third-order valence-corrected chi connectivity index (χ3v) is 3.27. The van der Waals surface area contributed by atoms with Crippen LogP contribution in [-0.2, 0) is 0 Å². The van der Waals surface area contributed by atoms with Crippen molar-refractivity contribution in [1.29, 1.82) is 0 Å². The van der Waals surface area contributed by atoms with Gasteiger partial charge in [0.05, 0.1) is 24.9 Å². The van der Waals surface area contributed by atoms with Crippen LogP contribution in [0.15, 0.2) is 36.4 Å². The summed E-state index contributed by atoms with van der Waals surface area (Å²) in [6.07, 6.45) is -0.712. The number of halogens is 2. The molecule has 0 heterocycles. The Bertz CT molecular complexity index is 691. The van der Waals surface area contributed by atoms with Crippen LogP contribution in [0.4, 0.5) is 10.5 Å². The maximum Gasteiger partial charge on any atom is 0.417 e. The van der Waals surface area contributed by atoms with E-state index in [9.17, 15) is 4.79 Å². The zero-order chi connectivity index (χ0) is 16.1. The van der Waals surface area contributed by atoms with Crippen molar-refractivity contribution in [3.8, 4) is 17.2 Å². The molecule has 0 aliphatic carbocycles. The van der Waals surface area contributed by atoms with Crippen LogP contribution in [0.25, 0.3) is 0 Å². The minimum Gasteiger partial charge on any atom is -0.497 e. The summed E-state index contributed by atoms with van der Waals surface area (Å²) in [5.41, 5.74) is 0.414. The van der Waals surface area contributed by atoms with Gasteiger partial charge in [0.2, 0.25) is 0 Å². The van der Waals surface area contributed by atoms with Crippen LogP contribution >= 0.6 is 23.2 Å². The summed E-state index contributed by atoms with van der Waals surface area (Å²) in [4.78, 5) is 12.0. The largest absolute Gasteiger partial charge is 0.497 e. The number of rotatable bonds is 4. The third-order valence-electron chi connectivity index (χ3n) is 2.74. The summed E-state index contributed by atoms with van der Waals surface area (Å²) in [6, 6.07) is 9.56. The molecule has 0 fully saturated rings. The minimum absolute atomic E-state index is 0.199. The molecular formula is C15H13Cl2NO4. The van der Waals surface area contributed by atoms with Gasteiger partial charge in [0, 0.05) is 11.1 Å². The van der Waals surface area contributed by atoms with Crippen LogP contribution in [0.5, 0.6) is 17.2 Å². The van der Waals surface area contributed by atoms with E-state index in [2.05, 4.69) is 5.32 Å². The zero-order valence-corrected chi connectivity index (χ0v) is 13.4. The Hall–Kier alpha value is -2.11. The van der Waals surface area contributed by atoms with Crippen LogP contribution in [0.2, 0.25) is 10.0 Å². The fourth-order valence-corrected chi connectivity index (χ4v) is 2.15. The van der Waals surface area contributed by atoms with Gasteiger partial charge in [-0.3, -0.25) is 5.32 Å². The summed E-state index contributed by atoms with van der Waals surface area (Å²) in [5, 5.41) is 3.26. The highest BCUT2D eigenvalue weighted by atomic mass is 35.5. The van der Waals surface area contributed by atoms with Crippen molar-refractivity contribution in [2.75, 3.05) is 19.5 Å². The van der Waals surface area contributed by atoms with Crippen molar-refractivity contribution in [1.82, 2.24) is 0 Å². The normalized spacial score (nSPS) is 10.0. The molecule has 0 spiro atoms. The maximum absolute atomic E-state index is 12.0. The Morgan fingerprint density at radius 2 is 1.73 bits per heavy atom. The van der Waals surface area contributed by atoms with E-state index in [1.807, 2.05) is 0 Å². The number of carbonyl (C=O) groups is 1. The lowest BCUT2D eigenvalue weighted by Gasteiger charge is -2.12. The van der Waals surface area contributed by atoms with Gasteiger partial charge < -0.3 is 14.2 Å². The van der Waals surface area contributed by atoms with Crippen molar-refractivity contribution < 1.29 is 19.0 Å². The number of carbonyl (C=O) groups excluding carboxylic acids is 1. The summed E-state index contributed by atoms with van der Waals surface area (Å²) in [6.45, 7) is 0. The van der Waals surface area contributed by atoms with E-state index in [-0.39, 0.29) is 10.8 Å². The Kier molecular flexibility index (Phi) is 5.35. The molecule has 0 saturated heterocycles. The first kappa shape index (κ1) is 16.3. The summed E-state index contributed by atoms with van der Waals surface area (Å²) in [7, 11) is 3.02. The van der Waals surface area contributed by atoms with Crippen LogP contribution in [0.1, 0.15) is 0 Å². The Morgan fingerprint density at radius 1 is 1.00 bits per heavy atom. The number of anilines is 1. The van der Waals surface area contributed by atoms with E-state index in [1.54, 1.807) is 24.3 Å². The van der Waals surface area contributed by atoms with E-state index < -0.39 is 6.09 Å². The monoisotopic (exact) mass is 341 g/mol. The lowest BCUT2D eigenvalue weighted by molar-refractivity contribution is 0.215. The molecule has 22 heavy (non-hydrogen) atoms. The van der Waals surface area contributed by atoms with Crippen molar-refractivity contribution >= 4 is 35.0 Å². The van der Waals surface area contributed by atoms with Gasteiger partial charge in [-0.15, -0.1) is 0 Å². The molecule has 5 nitrogen and oxygen atoms in total. The maximum atomic E-state index is 12.0. The SMILES string of the molecule is COc1ccc(OC)c(NC(=O)Oc2ccc(Cl)cc2Cl)c1. The number of hydrogen-bond acceptors (Lipinski definition) is 4. The number of ether oxygens (including phenoxy) is 3. The number of benzene rings is 2. The second kappa shape index (κ2) is 7.24. The molecule has 0 aliphatic heterocycles. The predicted molar refractivity (Wildman–Crippen MR) is 85.7 cm³/mol. The van der Waals surface area contributed by atoms with Gasteiger partial charge in [-0.1, -0.05) is 23.2 Å². The molecule has 0 atom stereocenters. The highest BCUT2D eigenvalue weighted by molar-refractivity contribution is 6.35. The number of amides is 1. The quantitative estimate of drug-likeness (QED) is 0.881. The van der Waals surface area contributed by atoms with Crippen LogP contribution in [-0.4, -0.2) is 20.3 Å². The number of methoxy groups -OCH3 is 2. The van der Waals surface area contributed by atoms with Crippen molar-refractivity contribution in [2.45, 2.75) is 0 Å². The lowest BCUT2D eigenvalue weighted by Crippen LogP contribution is -2.17. The van der Waals surface area contributed by atoms with Gasteiger partial charge in [-0.2, -0.15) is 0 Å². The number of hydrogen-bond donors (Lipinski definition) is 1. The summed E-state index contributed by atoms with van der Waals surface area (Å²) >= 11 is 11.7. The summed E-state index contributed by atoms with van der Waals surface area (Å²) in [5.74, 6) is 1.24. The molecular weight excluding hydrogens is 329 g/mol. The van der Waals surface area contributed by atoms with Crippen molar-refractivity contribution in [3.05, 3.63) is 46.4 Å². The standard InChI is InChI=1S/C15H13Cl2NO4/c1-20-10-4-6-14(21-2)12(8-10)18-15(19)22-13-5-3-9(16)7-11(13)17/h3-8H,1-2H3,(H,18,19). The molecule has 0 radical (unpaired) electrons. The van der Waals surface area contributed by atoms with Gasteiger partial charge in [-0.25, -0.2) is 4.79 Å². The molecule has 0 aromatic heterocycles. The molecule has 2 rings (SSSR count). The molecule has 0 unspecified atom stereocenters. The highest BCUT2D eigenvalue weighted by Crippen LogP contribution is 2.30. The fourth-order valence-electron chi connectivity index (χ4n) is 1.71. The molecule has 0 bridgehead atoms. The minimum atomic E-state index is -0.712. The van der Waals surface area contributed by atoms with E-state index >= 15 is 0 Å². The Labute approximate surface area is 137 Å². The first-order valence-electron chi connectivity index (χ1n) is 6.19. The smallest absolute Gasteiger partial charge is 0.417 e. The van der Waals surface area contributed by atoms with Crippen LogP contribution in [0, 0.1) is 0 Å². The van der Waals surface area contributed by atoms with E-state index in [0.717, 1.165) is 0 Å². The second-order valence-electron chi connectivity index (χ2n) is 4.16. The molecule has 0 saturated carbocycles. The lowest BCUT2D eigenvalue weighted by atomic mass is 10.2. The van der Waals surface area contributed by atoms with E-state index in [0.29, 0.717) is 22.2 Å². The first-order chi connectivity index (χ1) is 10.5. The first-order valence-corrected chi connectivity index (χ1v) is 6.95. The van der Waals surface area contributed by atoms with Gasteiger partial charge in [0.25, 0.3) is 0 Å². The topological polar surface area (TPSA) is 56.8 Å². The molecule has 7 heteroatoms. The number of nitrogens with one attached hydrogen (secondary N) is 1. The van der Waals surface area contributed by atoms with E-state index in [1.165, 1.54) is 26.4 Å². The summed E-state index contributed by atoms with van der Waals surface area (Å²) < 4.78 is 15.4. The highest BCUT2D eigenvalue weighted by Gasteiger charge is 2.12. The van der Waals surface area contributed by atoms with Gasteiger partial charge in [-0.05, 0) is 30.3 Å². The Morgan fingerprint density at radius 3 is 2.36 bits per heavy atom. The average Bonchev–Trinajstić information content (AvgIpc) is 2.50. The molecule has 2 aromatic rings. The van der Waals surface area contributed by atoms with Crippen molar-refractivity contribution in [3.63, 3.8) is 0 Å². The molecule has 116 valence electrons. The van der Waals surface area contributed by atoms with Gasteiger partial charge in [0.1, 0.15) is 11.5 Å².